The lowest BCUT2D eigenvalue weighted by molar-refractivity contribution is -0.141. The molecule has 1 saturated heterocycles. The summed E-state index contributed by atoms with van der Waals surface area (Å²) < 4.78 is 4.65. The number of hydrogen-bond acceptors (Lipinski definition) is 7. The number of aromatic nitrogens is 3. The van der Waals surface area contributed by atoms with Gasteiger partial charge in [0.15, 0.2) is 5.82 Å². The van der Waals surface area contributed by atoms with Crippen LogP contribution in [0.5, 0.6) is 0 Å². The van der Waals surface area contributed by atoms with E-state index in [-0.39, 0.29) is 24.3 Å². The van der Waals surface area contributed by atoms with E-state index in [1.165, 1.54) is 11.5 Å². The van der Waals surface area contributed by atoms with Crippen LogP contribution in [0.4, 0.5) is 10.9 Å². The Bertz CT molecular complexity index is 1400. The summed E-state index contributed by atoms with van der Waals surface area (Å²) in [6.45, 7) is 0.692. The monoisotopic (exact) mass is 559 g/mol. The lowest BCUT2D eigenvalue weighted by atomic mass is 9.90. The first-order valence-corrected chi connectivity index (χ1v) is 15.0. The number of anilines is 2. The van der Waals surface area contributed by atoms with E-state index in [2.05, 4.69) is 9.36 Å². The summed E-state index contributed by atoms with van der Waals surface area (Å²) in [6.07, 6.45) is 9.85. The first-order chi connectivity index (χ1) is 19.5. The molecule has 1 aromatic carbocycles. The summed E-state index contributed by atoms with van der Waals surface area (Å²) in [5, 5.41) is 10.1. The molecular formula is C30H33N5O4S. The lowest BCUT2D eigenvalue weighted by Crippen LogP contribution is -2.39. The van der Waals surface area contributed by atoms with Crippen LogP contribution in [-0.2, 0) is 14.4 Å². The molecule has 2 aliphatic carbocycles. The molecule has 2 amide bonds. The fourth-order valence-corrected chi connectivity index (χ4v) is 6.80. The second-order valence-corrected chi connectivity index (χ2v) is 11.9. The van der Waals surface area contributed by atoms with Crippen molar-refractivity contribution >= 4 is 40.3 Å². The second kappa shape index (κ2) is 11.4. The highest BCUT2D eigenvalue weighted by Gasteiger charge is 2.40. The zero-order valence-corrected chi connectivity index (χ0v) is 23.2. The van der Waals surface area contributed by atoms with Gasteiger partial charge in [-0.1, -0.05) is 49.9 Å². The van der Waals surface area contributed by atoms with Gasteiger partial charge < -0.3 is 5.11 Å². The molecule has 2 aromatic heterocycles. The van der Waals surface area contributed by atoms with Crippen LogP contribution in [-0.4, -0.2) is 49.8 Å². The molecule has 40 heavy (non-hydrogen) atoms. The Balaban J connectivity index is 1.26. The van der Waals surface area contributed by atoms with Gasteiger partial charge in [0.2, 0.25) is 16.9 Å². The van der Waals surface area contributed by atoms with E-state index in [0.717, 1.165) is 61.6 Å². The van der Waals surface area contributed by atoms with Crippen molar-refractivity contribution in [1.29, 1.82) is 0 Å². The Hall–Kier alpha value is -3.66. The molecule has 0 radical (unpaired) electrons. The average Bonchev–Trinajstić information content (AvgIpc) is 3.30. The number of benzene rings is 1. The van der Waals surface area contributed by atoms with Crippen LogP contribution in [0.3, 0.4) is 0 Å². The normalized spacial score (nSPS) is 18.3. The zero-order valence-electron chi connectivity index (χ0n) is 22.4. The van der Waals surface area contributed by atoms with Gasteiger partial charge in [0.25, 0.3) is 0 Å². The van der Waals surface area contributed by atoms with Crippen LogP contribution in [0, 0.1) is 11.8 Å². The van der Waals surface area contributed by atoms with Gasteiger partial charge in [0.05, 0.1) is 6.42 Å². The van der Waals surface area contributed by atoms with Crippen LogP contribution in [0.2, 0.25) is 0 Å². The van der Waals surface area contributed by atoms with E-state index in [4.69, 9.17) is 4.98 Å². The molecule has 2 saturated carbocycles. The quantitative estimate of drug-likeness (QED) is 0.346. The van der Waals surface area contributed by atoms with Crippen molar-refractivity contribution in [3.8, 4) is 22.5 Å². The Labute approximate surface area is 237 Å². The number of carboxylic acids is 1. The molecule has 3 aliphatic rings. The van der Waals surface area contributed by atoms with Gasteiger partial charge in [-0.2, -0.15) is 9.36 Å². The molecule has 9 nitrogen and oxygen atoms in total. The molecule has 3 fully saturated rings. The van der Waals surface area contributed by atoms with E-state index in [9.17, 15) is 19.5 Å². The van der Waals surface area contributed by atoms with Gasteiger partial charge in [-0.3, -0.25) is 24.2 Å². The molecule has 3 aromatic rings. The van der Waals surface area contributed by atoms with Crippen molar-refractivity contribution in [3.63, 3.8) is 0 Å². The van der Waals surface area contributed by atoms with Crippen molar-refractivity contribution in [3.05, 3.63) is 42.6 Å². The molecule has 6 rings (SSSR count). The molecule has 10 heteroatoms. The maximum Gasteiger partial charge on any atom is 0.304 e. The predicted octanol–water partition coefficient (Wildman–Crippen LogP) is 5.56. The predicted molar refractivity (Wildman–Crippen MR) is 153 cm³/mol. The molecule has 0 bridgehead atoms. The topological polar surface area (TPSA) is 117 Å². The van der Waals surface area contributed by atoms with Crippen LogP contribution < -0.4 is 9.80 Å². The van der Waals surface area contributed by atoms with Gasteiger partial charge in [-0.15, -0.1) is 0 Å². The second-order valence-electron chi connectivity index (χ2n) is 11.1. The Morgan fingerprint density at radius 1 is 1.05 bits per heavy atom. The van der Waals surface area contributed by atoms with Crippen molar-refractivity contribution in [1.82, 2.24) is 14.3 Å². The van der Waals surface area contributed by atoms with Crippen molar-refractivity contribution in [2.75, 3.05) is 16.3 Å². The minimum Gasteiger partial charge on any atom is -0.481 e. The smallest absolute Gasteiger partial charge is 0.304 e. The number of carbonyl (C=O) groups excluding carboxylic acids is 2. The highest BCUT2D eigenvalue weighted by molar-refractivity contribution is 7.10. The fourth-order valence-electron chi connectivity index (χ4n) is 6.04. The molecule has 1 N–H and O–H groups in total. The third-order valence-electron chi connectivity index (χ3n) is 8.21. The molecule has 1 unspecified atom stereocenters. The number of carboxylic acid groups (broad SMARTS) is 1. The lowest BCUT2D eigenvalue weighted by Gasteiger charge is -2.26. The van der Waals surface area contributed by atoms with Crippen LogP contribution >= 0.6 is 11.5 Å². The van der Waals surface area contributed by atoms with Crippen molar-refractivity contribution in [2.24, 2.45) is 11.8 Å². The van der Waals surface area contributed by atoms with Gasteiger partial charge in [-0.05, 0) is 49.3 Å². The number of carbonyl (C=O) groups is 3. The third kappa shape index (κ3) is 5.63. The molecule has 1 atom stereocenters. The van der Waals surface area contributed by atoms with E-state index in [1.54, 1.807) is 16.0 Å². The Kier molecular flexibility index (Phi) is 7.60. The van der Waals surface area contributed by atoms with E-state index < -0.39 is 11.9 Å². The highest BCUT2D eigenvalue weighted by atomic mass is 32.1. The largest absolute Gasteiger partial charge is 0.481 e. The minimum atomic E-state index is -0.937. The summed E-state index contributed by atoms with van der Waals surface area (Å²) in [5.74, 6) is 0.0752. The van der Waals surface area contributed by atoms with Gasteiger partial charge in [0.1, 0.15) is 5.82 Å². The number of rotatable bonds is 10. The molecule has 1 aliphatic heterocycles. The van der Waals surface area contributed by atoms with Gasteiger partial charge >= 0.3 is 5.97 Å². The van der Waals surface area contributed by atoms with E-state index in [1.807, 2.05) is 36.4 Å². The van der Waals surface area contributed by atoms with Gasteiger partial charge in [-0.25, -0.2) is 4.98 Å². The summed E-state index contributed by atoms with van der Waals surface area (Å²) in [4.78, 5) is 50.5. The van der Waals surface area contributed by atoms with Crippen molar-refractivity contribution < 1.29 is 19.5 Å². The zero-order chi connectivity index (χ0) is 27.6. The SMILES string of the molecule is O=C(O)CC(CC1CCCC1)C(=O)N(c1nc(-c2ccccc2-c2ccc(N3CCCC3=O)nc2)ns1)C1CC1. The van der Waals surface area contributed by atoms with Crippen LogP contribution in [0.15, 0.2) is 42.6 Å². The first-order valence-electron chi connectivity index (χ1n) is 14.2. The molecule has 0 spiro atoms. The average molecular weight is 560 g/mol. The highest BCUT2D eigenvalue weighted by Crippen LogP contribution is 2.39. The standard InChI is InChI=1S/C30H33N5O4S/c36-26-10-5-15-34(26)25-14-11-20(18-31-25)23-8-3-4-9-24(23)28-32-30(40-33-28)35(22-12-13-22)29(39)21(17-27(37)38)16-19-6-1-2-7-19/h3-4,8-9,11,14,18-19,21-22H,1-2,5-7,10,12-13,15-17H2,(H,37,38). The fraction of sp³-hybridized carbons (Fsp3) is 0.467. The van der Waals surface area contributed by atoms with E-state index in [0.29, 0.717) is 42.1 Å². The summed E-state index contributed by atoms with van der Waals surface area (Å²) in [6, 6.07) is 11.7. The molecule has 3 heterocycles. The number of amides is 2. The summed E-state index contributed by atoms with van der Waals surface area (Å²) >= 11 is 1.19. The van der Waals surface area contributed by atoms with Gasteiger partial charge in [0, 0.05) is 53.8 Å². The van der Waals surface area contributed by atoms with E-state index >= 15 is 0 Å². The maximum absolute atomic E-state index is 13.8. The maximum atomic E-state index is 13.8. The number of hydrogen-bond donors (Lipinski definition) is 1. The molecule has 208 valence electrons. The Morgan fingerprint density at radius 2 is 1.82 bits per heavy atom. The van der Waals surface area contributed by atoms with Crippen LogP contribution in [0.1, 0.15) is 64.2 Å². The third-order valence-corrected chi connectivity index (χ3v) is 8.93. The minimum absolute atomic E-state index is 0.0495. The summed E-state index contributed by atoms with van der Waals surface area (Å²) in [5.41, 5.74) is 2.62. The number of aliphatic carboxylic acids is 1. The molecular weight excluding hydrogens is 526 g/mol. The van der Waals surface area contributed by atoms with Crippen LogP contribution in [0.25, 0.3) is 22.5 Å². The number of nitrogens with zero attached hydrogens (tertiary/aromatic N) is 5. The number of pyridine rings is 1. The van der Waals surface area contributed by atoms with Crippen molar-refractivity contribution in [2.45, 2.75) is 70.3 Å². The summed E-state index contributed by atoms with van der Waals surface area (Å²) in [7, 11) is 0. The Morgan fingerprint density at radius 3 is 2.48 bits per heavy atom. The first kappa shape index (κ1) is 26.6.